The molecule has 2 aromatic heterocycles. The third-order valence-corrected chi connectivity index (χ3v) is 5.59. The summed E-state index contributed by atoms with van der Waals surface area (Å²) in [4.78, 5) is 24.4. The topological polar surface area (TPSA) is 58.1 Å². The zero-order valence-electron chi connectivity index (χ0n) is 16.8. The van der Waals surface area contributed by atoms with Gasteiger partial charge in [0.05, 0.1) is 16.9 Å². The molecule has 1 aliphatic heterocycles. The van der Waals surface area contributed by atoms with Gasteiger partial charge >= 0.3 is 0 Å². The Hall–Kier alpha value is -3.02. The van der Waals surface area contributed by atoms with Crippen LogP contribution in [-0.2, 0) is 0 Å². The smallest absolute Gasteiger partial charge is 0.257 e. The predicted octanol–water partition coefficient (Wildman–Crippen LogP) is 5.23. The van der Waals surface area contributed by atoms with E-state index in [-0.39, 0.29) is 17.8 Å². The van der Waals surface area contributed by atoms with Crippen molar-refractivity contribution in [3.05, 3.63) is 59.7 Å². The summed E-state index contributed by atoms with van der Waals surface area (Å²) in [5.41, 5.74) is 2.69. The molecule has 3 aromatic rings. The molecule has 1 N–H and O–H groups in total. The average Bonchev–Trinajstić information content (AvgIpc) is 2.74. The number of benzene rings is 1. The summed E-state index contributed by atoms with van der Waals surface area (Å²) in [6.45, 7) is 4.74. The lowest BCUT2D eigenvalue weighted by molar-refractivity contribution is 0.0609. The van der Waals surface area contributed by atoms with E-state index in [1.165, 1.54) is 6.07 Å². The molecule has 1 amide bonds. The Kier molecular flexibility index (Phi) is 5.43. The molecule has 6 heteroatoms. The number of hydrogen-bond acceptors (Lipinski definition) is 4. The molecule has 4 rings (SSSR count). The Morgan fingerprint density at radius 3 is 2.86 bits per heavy atom. The molecule has 0 unspecified atom stereocenters. The molecule has 3 heterocycles. The number of aromatic nitrogens is 2. The molecule has 0 aliphatic carbocycles. The quantitative estimate of drug-likeness (QED) is 0.661. The van der Waals surface area contributed by atoms with E-state index < -0.39 is 0 Å². The lowest BCUT2D eigenvalue weighted by Crippen LogP contribution is -2.43. The number of anilines is 2. The van der Waals surface area contributed by atoms with E-state index in [1.807, 2.05) is 24.0 Å². The molecule has 1 aliphatic rings. The van der Waals surface area contributed by atoms with Crippen molar-refractivity contribution < 1.29 is 9.18 Å². The van der Waals surface area contributed by atoms with Crippen molar-refractivity contribution in [1.82, 2.24) is 14.9 Å². The second-order valence-electron chi connectivity index (χ2n) is 7.53. The number of piperidine rings is 1. The minimum absolute atomic E-state index is 0.0645. The van der Waals surface area contributed by atoms with Crippen molar-refractivity contribution in [3.63, 3.8) is 0 Å². The minimum Gasteiger partial charge on any atom is -0.352 e. The first-order valence-corrected chi connectivity index (χ1v) is 10.2. The number of para-hydroxylation sites is 1. The monoisotopic (exact) mass is 392 g/mol. The van der Waals surface area contributed by atoms with Crippen LogP contribution >= 0.6 is 0 Å². The van der Waals surface area contributed by atoms with Gasteiger partial charge in [-0.25, -0.2) is 14.4 Å². The summed E-state index contributed by atoms with van der Waals surface area (Å²) in [6.07, 6.45) is 5.65. The first kappa shape index (κ1) is 19.3. The van der Waals surface area contributed by atoms with E-state index in [0.717, 1.165) is 37.9 Å². The van der Waals surface area contributed by atoms with Gasteiger partial charge in [-0.3, -0.25) is 4.79 Å². The van der Waals surface area contributed by atoms with Crippen LogP contribution in [0.2, 0.25) is 0 Å². The number of nitrogens with one attached hydrogen (secondary N) is 1. The van der Waals surface area contributed by atoms with Gasteiger partial charge in [-0.1, -0.05) is 19.1 Å². The number of halogens is 1. The minimum atomic E-state index is -0.375. The zero-order valence-corrected chi connectivity index (χ0v) is 16.8. The first-order valence-electron chi connectivity index (χ1n) is 10.2. The van der Waals surface area contributed by atoms with E-state index in [4.69, 9.17) is 0 Å². The van der Waals surface area contributed by atoms with E-state index in [1.54, 1.807) is 24.4 Å². The van der Waals surface area contributed by atoms with Crippen LogP contribution in [-0.4, -0.2) is 33.4 Å². The molecule has 1 fully saturated rings. The Bertz CT molecular complexity index is 1050. The largest absolute Gasteiger partial charge is 0.352 e. The molecule has 0 bridgehead atoms. The van der Waals surface area contributed by atoms with Crippen molar-refractivity contribution in [1.29, 1.82) is 0 Å². The number of carbonyl (C=O) groups is 1. The van der Waals surface area contributed by atoms with Gasteiger partial charge in [0, 0.05) is 29.9 Å². The van der Waals surface area contributed by atoms with Crippen molar-refractivity contribution in [2.45, 2.75) is 45.6 Å². The molecule has 29 heavy (non-hydrogen) atoms. The molecule has 0 spiro atoms. The highest BCUT2D eigenvalue weighted by Gasteiger charge is 2.29. The summed E-state index contributed by atoms with van der Waals surface area (Å²) in [6, 6.07) is 10.4. The SMILES string of the molecule is CC[C@@H]1CCCCN1C(=O)c1cnc2nc(C)ccc2c1Nc1ccccc1F. The molecular weight excluding hydrogens is 367 g/mol. The molecule has 1 atom stereocenters. The van der Waals surface area contributed by atoms with E-state index >= 15 is 0 Å². The van der Waals surface area contributed by atoms with E-state index in [0.29, 0.717) is 28.0 Å². The first-order chi connectivity index (χ1) is 14.1. The number of carbonyl (C=O) groups excluding carboxylic acids is 1. The summed E-state index contributed by atoms with van der Waals surface area (Å²) in [7, 11) is 0. The molecular formula is C23H25FN4O. The fraction of sp³-hybridized carbons (Fsp3) is 0.348. The number of fused-ring (bicyclic) bond motifs is 1. The zero-order chi connectivity index (χ0) is 20.4. The predicted molar refractivity (Wildman–Crippen MR) is 113 cm³/mol. The van der Waals surface area contributed by atoms with E-state index in [2.05, 4.69) is 22.2 Å². The maximum Gasteiger partial charge on any atom is 0.257 e. The van der Waals surface area contributed by atoms with Crippen molar-refractivity contribution in [2.24, 2.45) is 0 Å². The fourth-order valence-electron chi connectivity index (χ4n) is 4.01. The molecule has 150 valence electrons. The second-order valence-corrected chi connectivity index (χ2v) is 7.53. The van der Waals surface area contributed by atoms with Crippen LogP contribution in [0.3, 0.4) is 0 Å². The van der Waals surface area contributed by atoms with Gasteiger partial charge in [0.1, 0.15) is 5.82 Å². The summed E-state index contributed by atoms with van der Waals surface area (Å²) in [5.74, 6) is -0.439. The third kappa shape index (κ3) is 3.79. The highest BCUT2D eigenvalue weighted by molar-refractivity contribution is 6.07. The van der Waals surface area contributed by atoms with Gasteiger partial charge in [0.2, 0.25) is 0 Å². The molecule has 1 aromatic carbocycles. The molecule has 1 saturated heterocycles. The van der Waals surface area contributed by atoms with Crippen molar-refractivity contribution in [2.75, 3.05) is 11.9 Å². The van der Waals surface area contributed by atoms with Gasteiger partial charge in [0.25, 0.3) is 5.91 Å². The van der Waals surface area contributed by atoms with Gasteiger partial charge in [0.15, 0.2) is 5.65 Å². The number of likely N-dealkylation sites (tertiary alicyclic amines) is 1. The Labute approximate surface area is 170 Å². The molecule has 5 nitrogen and oxygen atoms in total. The highest BCUT2D eigenvalue weighted by Crippen LogP contribution is 2.32. The number of nitrogens with zero attached hydrogens (tertiary/aromatic N) is 3. The molecule has 0 radical (unpaired) electrons. The Morgan fingerprint density at radius 2 is 2.07 bits per heavy atom. The number of amides is 1. The normalized spacial score (nSPS) is 16.8. The fourth-order valence-corrected chi connectivity index (χ4v) is 4.01. The standard InChI is InChI=1S/C23H25FN4O/c1-3-16-8-6-7-13-28(16)23(29)18-14-25-22-17(12-11-15(2)26-22)21(18)27-20-10-5-4-9-19(20)24/h4-5,9-12,14,16H,3,6-8,13H2,1-2H3,(H,25,26,27)/t16-/m1/s1. The highest BCUT2D eigenvalue weighted by atomic mass is 19.1. The van der Waals surface area contributed by atoms with Crippen molar-refractivity contribution >= 4 is 28.3 Å². The van der Waals surface area contributed by atoms with Gasteiger partial charge in [-0.2, -0.15) is 0 Å². The number of pyridine rings is 2. The van der Waals surface area contributed by atoms with Crippen LogP contribution in [0.4, 0.5) is 15.8 Å². The van der Waals surface area contributed by atoms with Crippen LogP contribution in [0.5, 0.6) is 0 Å². The number of aryl methyl sites for hydroxylation is 1. The van der Waals surface area contributed by atoms with Crippen LogP contribution < -0.4 is 5.32 Å². The molecule has 0 saturated carbocycles. The van der Waals surface area contributed by atoms with Crippen LogP contribution in [0, 0.1) is 12.7 Å². The average molecular weight is 392 g/mol. The van der Waals surface area contributed by atoms with Gasteiger partial charge < -0.3 is 10.2 Å². The van der Waals surface area contributed by atoms with Crippen LogP contribution in [0.15, 0.2) is 42.6 Å². The van der Waals surface area contributed by atoms with Crippen molar-refractivity contribution in [3.8, 4) is 0 Å². The maximum absolute atomic E-state index is 14.4. The van der Waals surface area contributed by atoms with Gasteiger partial charge in [-0.05, 0) is 56.9 Å². The second kappa shape index (κ2) is 8.15. The maximum atomic E-state index is 14.4. The Morgan fingerprint density at radius 1 is 1.24 bits per heavy atom. The summed E-state index contributed by atoms with van der Waals surface area (Å²) in [5, 5.41) is 3.86. The van der Waals surface area contributed by atoms with E-state index in [9.17, 15) is 9.18 Å². The van der Waals surface area contributed by atoms with Crippen LogP contribution in [0.25, 0.3) is 11.0 Å². The van der Waals surface area contributed by atoms with Crippen LogP contribution in [0.1, 0.15) is 48.7 Å². The summed E-state index contributed by atoms with van der Waals surface area (Å²) < 4.78 is 14.4. The third-order valence-electron chi connectivity index (χ3n) is 5.59. The lowest BCUT2D eigenvalue weighted by atomic mass is 9.98. The number of hydrogen-bond donors (Lipinski definition) is 1. The number of rotatable bonds is 4. The van der Waals surface area contributed by atoms with Gasteiger partial charge in [-0.15, -0.1) is 0 Å². The summed E-state index contributed by atoms with van der Waals surface area (Å²) >= 11 is 0. The lowest BCUT2D eigenvalue weighted by Gasteiger charge is -2.35. The Balaban J connectivity index is 1.83.